The molecule has 0 spiro atoms. The second-order valence-corrected chi connectivity index (χ2v) is 5.99. The van der Waals surface area contributed by atoms with Crippen LogP contribution in [0.25, 0.3) is 5.57 Å². The summed E-state index contributed by atoms with van der Waals surface area (Å²) in [5.41, 5.74) is 4.66. The number of amides is 1. The summed E-state index contributed by atoms with van der Waals surface area (Å²) in [6.45, 7) is 4.06. The molecular formula is C20H17ClN2O. The lowest BCUT2D eigenvalue weighted by atomic mass is 10.0. The number of benzene rings is 1. The topological polar surface area (TPSA) is 42.0 Å². The second-order valence-electron chi connectivity index (χ2n) is 5.58. The molecule has 4 heteroatoms. The molecule has 1 aromatic heterocycles. The van der Waals surface area contributed by atoms with Gasteiger partial charge in [0.15, 0.2) is 0 Å². The van der Waals surface area contributed by atoms with Crippen LogP contribution in [-0.4, -0.2) is 10.9 Å². The van der Waals surface area contributed by atoms with E-state index in [1.165, 1.54) is 0 Å². The van der Waals surface area contributed by atoms with E-state index < -0.39 is 0 Å². The van der Waals surface area contributed by atoms with E-state index in [4.69, 9.17) is 11.6 Å². The number of pyridine rings is 1. The van der Waals surface area contributed by atoms with Crippen molar-refractivity contribution in [1.82, 2.24) is 4.98 Å². The number of fused-ring (bicyclic) bond motifs is 1. The molecule has 1 aliphatic rings. The van der Waals surface area contributed by atoms with Crippen molar-refractivity contribution in [3.05, 3.63) is 89.3 Å². The molecular weight excluding hydrogens is 320 g/mol. The van der Waals surface area contributed by atoms with E-state index in [9.17, 15) is 4.79 Å². The number of allylic oxidation sites excluding steroid dienone is 5. The molecule has 0 radical (unpaired) electrons. The van der Waals surface area contributed by atoms with Gasteiger partial charge in [0.25, 0.3) is 0 Å². The van der Waals surface area contributed by atoms with Crippen LogP contribution in [0.1, 0.15) is 16.7 Å². The average Bonchev–Trinajstić information content (AvgIpc) is 2.98. The molecule has 2 aromatic rings. The van der Waals surface area contributed by atoms with Gasteiger partial charge in [-0.15, -0.1) is 0 Å². The largest absolute Gasteiger partial charge is 0.326 e. The lowest BCUT2D eigenvalue weighted by Crippen LogP contribution is -2.03. The van der Waals surface area contributed by atoms with Gasteiger partial charge in [-0.05, 0) is 53.0 Å². The molecule has 0 atom stereocenters. The minimum absolute atomic E-state index is 0.0211. The summed E-state index contributed by atoms with van der Waals surface area (Å²) >= 11 is 6.34. The maximum Gasteiger partial charge on any atom is 0.228 e. The lowest BCUT2D eigenvalue weighted by molar-refractivity contribution is -0.115. The summed E-state index contributed by atoms with van der Waals surface area (Å²) < 4.78 is 0. The Morgan fingerprint density at radius 3 is 3.04 bits per heavy atom. The minimum atomic E-state index is 0.0211. The van der Waals surface area contributed by atoms with Crippen LogP contribution in [0, 0.1) is 0 Å². The van der Waals surface area contributed by atoms with Crippen LogP contribution in [0.5, 0.6) is 0 Å². The average molecular weight is 337 g/mol. The van der Waals surface area contributed by atoms with Gasteiger partial charge in [-0.25, -0.2) is 0 Å². The molecule has 0 saturated heterocycles. The van der Waals surface area contributed by atoms with Crippen molar-refractivity contribution in [2.45, 2.75) is 12.8 Å². The molecule has 1 N–H and O–H groups in total. The molecule has 0 aliphatic carbocycles. The Kier molecular flexibility index (Phi) is 4.92. The summed E-state index contributed by atoms with van der Waals surface area (Å²) in [6, 6.07) is 9.72. The maximum absolute atomic E-state index is 11.4. The normalized spacial score (nSPS) is 13.9. The highest BCUT2D eigenvalue weighted by atomic mass is 35.5. The number of nitrogens with zero attached hydrogens (tertiary/aromatic N) is 1. The van der Waals surface area contributed by atoms with Gasteiger partial charge in [0.2, 0.25) is 5.91 Å². The van der Waals surface area contributed by atoms with Crippen LogP contribution >= 0.6 is 11.6 Å². The van der Waals surface area contributed by atoms with E-state index in [1.807, 2.05) is 54.8 Å². The zero-order valence-corrected chi connectivity index (χ0v) is 13.9. The predicted molar refractivity (Wildman–Crippen MR) is 98.8 cm³/mol. The third kappa shape index (κ3) is 3.81. The standard InChI is InChI=1S/C20H17ClN2O/c1-14(16-8-9-19-17(11-16)12-20(24)23-19)18(21)7-3-2-5-15-6-4-10-22-13-15/h2-4,6-11,13H,1,5,12H2,(H,23,24)/b3-2-,18-7+. The first kappa shape index (κ1) is 16.2. The molecule has 1 amide bonds. The van der Waals surface area contributed by atoms with Crippen molar-refractivity contribution in [1.29, 1.82) is 0 Å². The number of carbonyl (C=O) groups excluding carboxylic acids is 1. The Balaban J connectivity index is 1.66. The van der Waals surface area contributed by atoms with Crippen LogP contribution in [0.2, 0.25) is 0 Å². The van der Waals surface area contributed by atoms with Crippen LogP contribution < -0.4 is 5.32 Å². The molecule has 0 fully saturated rings. The Labute approximate surface area is 146 Å². The smallest absolute Gasteiger partial charge is 0.228 e. The highest BCUT2D eigenvalue weighted by Crippen LogP contribution is 2.30. The van der Waals surface area contributed by atoms with Gasteiger partial charge in [-0.3, -0.25) is 9.78 Å². The van der Waals surface area contributed by atoms with Gasteiger partial charge in [-0.2, -0.15) is 0 Å². The number of hydrogen-bond acceptors (Lipinski definition) is 2. The number of anilines is 1. The quantitative estimate of drug-likeness (QED) is 0.816. The van der Waals surface area contributed by atoms with Gasteiger partial charge >= 0.3 is 0 Å². The van der Waals surface area contributed by atoms with Crippen molar-refractivity contribution in [3.8, 4) is 0 Å². The van der Waals surface area contributed by atoms with E-state index in [0.29, 0.717) is 11.5 Å². The van der Waals surface area contributed by atoms with E-state index in [2.05, 4.69) is 16.9 Å². The van der Waals surface area contributed by atoms with Gasteiger partial charge < -0.3 is 5.32 Å². The maximum atomic E-state index is 11.4. The molecule has 0 saturated carbocycles. The molecule has 24 heavy (non-hydrogen) atoms. The van der Waals surface area contributed by atoms with Gasteiger partial charge in [0.05, 0.1) is 6.42 Å². The lowest BCUT2D eigenvalue weighted by Gasteiger charge is -2.06. The number of halogens is 1. The predicted octanol–water partition coefficient (Wildman–Crippen LogP) is 4.51. The van der Waals surface area contributed by atoms with Gasteiger partial charge in [0, 0.05) is 23.1 Å². The Morgan fingerprint density at radius 1 is 1.38 bits per heavy atom. The van der Waals surface area contributed by atoms with Crippen LogP contribution in [0.3, 0.4) is 0 Å². The van der Waals surface area contributed by atoms with Gasteiger partial charge in [-0.1, -0.05) is 42.5 Å². The molecule has 3 nitrogen and oxygen atoms in total. The number of carbonyl (C=O) groups is 1. The highest BCUT2D eigenvalue weighted by molar-refractivity contribution is 6.37. The van der Waals surface area contributed by atoms with Crippen molar-refractivity contribution in [2.75, 3.05) is 5.32 Å². The molecule has 3 rings (SSSR count). The van der Waals surface area contributed by atoms with E-state index in [0.717, 1.165) is 34.4 Å². The van der Waals surface area contributed by atoms with Gasteiger partial charge in [0.1, 0.15) is 0 Å². The summed E-state index contributed by atoms with van der Waals surface area (Å²) in [5.74, 6) is 0.0211. The van der Waals surface area contributed by atoms with Crippen LogP contribution in [0.15, 0.2) is 72.6 Å². The number of rotatable bonds is 5. The monoisotopic (exact) mass is 336 g/mol. The minimum Gasteiger partial charge on any atom is -0.326 e. The zero-order valence-electron chi connectivity index (χ0n) is 13.1. The van der Waals surface area contributed by atoms with Crippen LogP contribution in [-0.2, 0) is 17.6 Å². The molecule has 1 aromatic carbocycles. The van der Waals surface area contributed by atoms with E-state index in [1.54, 1.807) is 6.20 Å². The number of nitrogens with one attached hydrogen (secondary N) is 1. The fourth-order valence-electron chi connectivity index (χ4n) is 2.53. The molecule has 0 unspecified atom stereocenters. The molecule has 0 bridgehead atoms. The second kappa shape index (κ2) is 7.28. The zero-order chi connectivity index (χ0) is 16.9. The Hall–Kier alpha value is -2.65. The molecule has 1 aliphatic heterocycles. The van der Waals surface area contributed by atoms with Crippen molar-refractivity contribution in [2.24, 2.45) is 0 Å². The summed E-state index contributed by atoms with van der Waals surface area (Å²) in [5, 5.41) is 3.40. The third-order valence-corrected chi connectivity index (χ3v) is 4.18. The molecule has 120 valence electrons. The fourth-order valence-corrected chi connectivity index (χ4v) is 2.71. The van der Waals surface area contributed by atoms with E-state index in [-0.39, 0.29) is 5.91 Å². The van der Waals surface area contributed by atoms with Crippen molar-refractivity contribution in [3.63, 3.8) is 0 Å². The first-order valence-corrected chi connectivity index (χ1v) is 8.05. The van der Waals surface area contributed by atoms with Crippen molar-refractivity contribution >= 4 is 28.8 Å². The fraction of sp³-hybridized carbons (Fsp3) is 0.100. The Bertz CT molecular complexity index is 838. The highest BCUT2D eigenvalue weighted by Gasteiger charge is 2.18. The summed E-state index contributed by atoms with van der Waals surface area (Å²) in [7, 11) is 0. The summed E-state index contributed by atoms with van der Waals surface area (Å²) in [4.78, 5) is 15.5. The SMILES string of the molecule is C=C(/C(Cl)=C\C=C/Cc1cccnc1)c1ccc2c(c1)CC(=O)N2. The third-order valence-electron chi connectivity index (χ3n) is 3.82. The van der Waals surface area contributed by atoms with Crippen molar-refractivity contribution < 1.29 is 4.79 Å². The number of aromatic nitrogens is 1. The first-order valence-electron chi connectivity index (χ1n) is 7.67. The van der Waals surface area contributed by atoms with Crippen LogP contribution in [0.4, 0.5) is 5.69 Å². The summed E-state index contributed by atoms with van der Waals surface area (Å²) in [6.07, 6.45) is 10.6. The molecule has 2 heterocycles. The first-order chi connectivity index (χ1) is 11.6. The Morgan fingerprint density at radius 2 is 2.25 bits per heavy atom. The van der Waals surface area contributed by atoms with E-state index >= 15 is 0 Å². The number of hydrogen-bond donors (Lipinski definition) is 1.